The van der Waals surface area contributed by atoms with E-state index in [0.29, 0.717) is 24.1 Å². The van der Waals surface area contributed by atoms with Crippen LogP contribution in [0.15, 0.2) is 18.2 Å². The van der Waals surface area contributed by atoms with E-state index in [1.54, 1.807) is 6.07 Å². The smallest absolute Gasteiger partial charge is 0.130 e. The van der Waals surface area contributed by atoms with E-state index in [9.17, 15) is 8.78 Å². The monoisotopic (exact) mass is 268 g/mol. The number of nitrogens with one attached hydrogen (secondary N) is 1. The van der Waals surface area contributed by atoms with Gasteiger partial charge in [0.25, 0.3) is 0 Å². The van der Waals surface area contributed by atoms with E-state index in [1.165, 1.54) is 6.07 Å². The first kappa shape index (κ1) is 14.4. The molecule has 2 rings (SSSR count). The maximum Gasteiger partial charge on any atom is 0.130 e. The van der Waals surface area contributed by atoms with Gasteiger partial charge in [-0.15, -0.1) is 0 Å². The summed E-state index contributed by atoms with van der Waals surface area (Å²) in [7, 11) is 0. The third-order valence-electron chi connectivity index (χ3n) is 3.60. The van der Waals surface area contributed by atoms with Crippen LogP contribution in [0.5, 0.6) is 0 Å². The molecule has 0 amide bonds. The van der Waals surface area contributed by atoms with Crippen LogP contribution in [0.2, 0.25) is 0 Å². The fraction of sp³-hybridized carbons (Fsp3) is 0.600. The summed E-state index contributed by atoms with van der Waals surface area (Å²) in [6.07, 6.45) is 1.09. The SMILES string of the molecule is CC(C)CC1CNCCN1Cc1ccc(F)cc1F. The fourth-order valence-electron chi connectivity index (χ4n) is 2.66. The van der Waals surface area contributed by atoms with Crippen molar-refractivity contribution in [1.82, 2.24) is 10.2 Å². The van der Waals surface area contributed by atoms with Gasteiger partial charge in [0.1, 0.15) is 11.6 Å². The van der Waals surface area contributed by atoms with Crippen LogP contribution in [0.3, 0.4) is 0 Å². The summed E-state index contributed by atoms with van der Waals surface area (Å²) in [4.78, 5) is 2.30. The number of hydrogen-bond donors (Lipinski definition) is 1. The van der Waals surface area contributed by atoms with Crippen LogP contribution in [-0.4, -0.2) is 30.6 Å². The second kappa shape index (κ2) is 6.44. The molecule has 1 atom stereocenters. The lowest BCUT2D eigenvalue weighted by Gasteiger charge is -2.37. The molecule has 106 valence electrons. The van der Waals surface area contributed by atoms with E-state index in [-0.39, 0.29) is 0 Å². The van der Waals surface area contributed by atoms with Crippen LogP contribution in [-0.2, 0) is 6.54 Å². The van der Waals surface area contributed by atoms with Crippen LogP contribution < -0.4 is 5.32 Å². The lowest BCUT2D eigenvalue weighted by molar-refractivity contribution is 0.132. The Hall–Kier alpha value is -1.00. The molecule has 19 heavy (non-hydrogen) atoms. The van der Waals surface area contributed by atoms with Gasteiger partial charge >= 0.3 is 0 Å². The topological polar surface area (TPSA) is 15.3 Å². The molecule has 4 heteroatoms. The highest BCUT2D eigenvalue weighted by atomic mass is 19.1. The average Bonchev–Trinajstić information content (AvgIpc) is 2.34. The predicted octanol–water partition coefficient (Wildman–Crippen LogP) is 2.78. The standard InChI is InChI=1S/C15H22F2N2/c1-11(2)7-14-9-18-5-6-19(14)10-12-3-4-13(16)8-15(12)17/h3-4,8,11,14,18H,5-7,9-10H2,1-2H3. The van der Waals surface area contributed by atoms with Gasteiger partial charge in [0, 0.05) is 43.9 Å². The van der Waals surface area contributed by atoms with Crippen molar-refractivity contribution in [2.24, 2.45) is 5.92 Å². The summed E-state index contributed by atoms with van der Waals surface area (Å²) in [5, 5.41) is 3.38. The maximum absolute atomic E-state index is 13.7. The zero-order chi connectivity index (χ0) is 13.8. The van der Waals surface area contributed by atoms with E-state index in [1.807, 2.05) is 0 Å². The Balaban J connectivity index is 2.06. The maximum atomic E-state index is 13.7. The lowest BCUT2D eigenvalue weighted by atomic mass is 10.00. The summed E-state index contributed by atoms with van der Waals surface area (Å²) in [5.41, 5.74) is 0.581. The van der Waals surface area contributed by atoms with Gasteiger partial charge in [-0.3, -0.25) is 4.90 Å². The predicted molar refractivity (Wildman–Crippen MR) is 72.9 cm³/mol. The van der Waals surface area contributed by atoms with Crippen LogP contribution in [0.1, 0.15) is 25.8 Å². The first-order chi connectivity index (χ1) is 9.06. The number of piperazine rings is 1. The van der Waals surface area contributed by atoms with Crippen molar-refractivity contribution >= 4 is 0 Å². The Morgan fingerprint density at radius 2 is 2.16 bits per heavy atom. The number of rotatable bonds is 4. The molecule has 0 aliphatic carbocycles. The fourth-order valence-corrected chi connectivity index (χ4v) is 2.66. The molecule has 0 bridgehead atoms. The van der Waals surface area contributed by atoms with Crippen molar-refractivity contribution in [2.45, 2.75) is 32.9 Å². The Morgan fingerprint density at radius 3 is 2.84 bits per heavy atom. The molecule has 0 spiro atoms. The van der Waals surface area contributed by atoms with Crippen LogP contribution in [0.4, 0.5) is 8.78 Å². The average molecular weight is 268 g/mol. The molecule has 1 heterocycles. The molecule has 0 saturated carbocycles. The molecule has 1 aromatic carbocycles. The summed E-state index contributed by atoms with van der Waals surface area (Å²) in [6.45, 7) is 7.74. The highest BCUT2D eigenvalue weighted by Crippen LogP contribution is 2.18. The Kier molecular flexibility index (Phi) is 4.88. The van der Waals surface area contributed by atoms with Gasteiger partial charge < -0.3 is 5.32 Å². The van der Waals surface area contributed by atoms with Crippen LogP contribution in [0.25, 0.3) is 0 Å². The van der Waals surface area contributed by atoms with Gasteiger partial charge in [-0.05, 0) is 18.4 Å². The Labute approximate surface area is 113 Å². The van der Waals surface area contributed by atoms with Crippen LogP contribution >= 0.6 is 0 Å². The molecular weight excluding hydrogens is 246 g/mol. The molecule has 1 N–H and O–H groups in total. The number of benzene rings is 1. The number of nitrogens with zero attached hydrogens (tertiary/aromatic N) is 1. The largest absolute Gasteiger partial charge is 0.314 e. The Morgan fingerprint density at radius 1 is 1.37 bits per heavy atom. The van der Waals surface area contributed by atoms with Gasteiger partial charge in [-0.25, -0.2) is 8.78 Å². The van der Waals surface area contributed by atoms with E-state index in [4.69, 9.17) is 0 Å². The van der Waals surface area contributed by atoms with Crippen molar-refractivity contribution in [3.8, 4) is 0 Å². The van der Waals surface area contributed by atoms with Crippen molar-refractivity contribution in [3.63, 3.8) is 0 Å². The van der Waals surface area contributed by atoms with E-state index >= 15 is 0 Å². The minimum Gasteiger partial charge on any atom is -0.314 e. The minimum atomic E-state index is -0.514. The third kappa shape index (κ3) is 3.98. The molecule has 1 fully saturated rings. The molecule has 0 radical (unpaired) electrons. The zero-order valence-electron chi connectivity index (χ0n) is 11.6. The van der Waals surface area contributed by atoms with Crippen molar-refractivity contribution in [2.75, 3.05) is 19.6 Å². The molecule has 1 aliphatic heterocycles. The van der Waals surface area contributed by atoms with Crippen molar-refractivity contribution in [3.05, 3.63) is 35.4 Å². The highest BCUT2D eigenvalue weighted by molar-refractivity contribution is 5.18. The summed E-state index contributed by atoms with van der Waals surface area (Å²) >= 11 is 0. The zero-order valence-corrected chi connectivity index (χ0v) is 11.6. The van der Waals surface area contributed by atoms with E-state index in [0.717, 1.165) is 32.1 Å². The van der Waals surface area contributed by atoms with Gasteiger partial charge in [0.15, 0.2) is 0 Å². The molecule has 0 aromatic heterocycles. The summed E-state index contributed by atoms with van der Waals surface area (Å²) < 4.78 is 26.6. The van der Waals surface area contributed by atoms with Gasteiger partial charge in [-0.2, -0.15) is 0 Å². The summed E-state index contributed by atoms with van der Waals surface area (Å²) in [6, 6.07) is 4.28. The lowest BCUT2D eigenvalue weighted by Crippen LogP contribution is -2.51. The van der Waals surface area contributed by atoms with Crippen LogP contribution in [0, 0.1) is 17.6 Å². The quantitative estimate of drug-likeness (QED) is 0.903. The van der Waals surface area contributed by atoms with Gasteiger partial charge in [0.05, 0.1) is 0 Å². The van der Waals surface area contributed by atoms with Gasteiger partial charge in [0.2, 0.25) is 0 Å². The molecular formula is C15H22F2N2. The van der Waals surface area contributed by atoms with Gasteiger partial charge in [-0.1, -0.05) is 19.9 Å². The number of hydrogen-bond acceptors (Lipinski definition) is 2. The minimum absolute atomic E-state index is 0.429. The van der Waals surface area contributed by atoms with E-state index in [2.05, 4.69) is 24.1 Å². The first-order valence-corrected chi connectivity index (χ1v) is 6.95. The van der Waals surface area contributed by atoms with E-state index < -0.39 is 11.6 Å². The molecule has 2 nitrogen and oxygen atoms in total. The summed E-state index contributed by atoms with van der Waals surface area (Å²) in [5.74, 6) is -0.340. The number of halogens is 2. The van der Waals surface area contributed by atoms with Crippen molar-refractivity contribution < 1.29 is 8.78 Å². The Bertz CT molecular complexity index is 421. The molecule has 1 aromatic rings. The molecule has 1 saturated heterocycles. The third-order valence-corrected chi connectivity index (χ3v) is 3.60. The molecule has 1 unspecified atom stereocenters. The second-order valence-electron chi connectivity index (χ2n) is 5.69. The second-order valence-corrected chi connectivity index (χ2v) is 5.69. The van der Waals surface area contributed by atoms with Crippen molar-refractivity contribution in [1.29, 1.82) is 0 Å². The first-order valence-electron chi connectivity index (χ1n) is 6.95. The normalized spacial score (nSPS) is 21.0. The highest BCUT2D eigenvalue weighted by Gasteiger charge is 2.23. The molecule has 1 aliphatic rings.